The summed E-state index contributed by atoms with van der Waals surface area (Å²) in [5.41, 5.74) is 5.38. The van der Waals surface area contributed by atoms with Crippen LogP contribution in [-0.4, -0.2) is 36.7 Å². The van der Waals surface area contributed by atoms with Gasteiger partial charge in [-0.05, 0) is 0 Å². The summed E-state index contributed by atoms with van der Waals surface area (Å²) in [5, 5.41) is 0. The van der Waals surface area contributed by atoms with Gasteiger partial charge in [0.2, 0.25) is 0 Å². The second-order valence-electron chi connectivity index (χ2n) is 2.06. The second kappa shape index (κ2) is 3.41. The van der Waals surface area contributed by atoms with Gasteiger partial charge in [0.25, 0.3) is 0 Å². The number of hydrogen-bond acceptors (Lipinski definition) is 4. The van der Waals surface area contributed by atoms with Gasteiger partial charge in [-0.25, -0.2) is 0 Å². The van der Waals surface area contributed by atoms with Crippen LogP contribution in [0.3, 0.4) is 0 Å². The maximum absolute atomic E-state index is 5.50. The van der Waals surface area contributed by atoms with E-state index >= 15 is 0 Å². The van der Waals surface area contributed by atoms with Gasteiger partial charge in [0, 0.05) is 13.1 Å². The fourth-order valence-electron chi connectivity index (χ4n) is 0.842. The SMILES string of the molecule is NC(S)N1CCOCC1. The molecular formula is C5H12N2OS. The summed E-state index contributed by atoms with van der Waals surface area (Å²) in [6.45, 7) is 3.39. The number of morpholine rings is 1. The highest BCUT2D eigenvalue weighted by atomic mass is 32.1. The van der Waals surface area contributed by atoms with E-state index in [0.29, 0.717) is 0 Å². The quantitative estimate of drug-likeness (QED) is 0.388. The largest absolute Gasteiger partial charge is 0.379 e. The average molecular weight is 148 g/mol. The highest BCUT2D eigenvalue weighted by Gasteiger charge is 2.12. The van der Waals surface area contributed by atoms with Crippen molar-refractivity contribution in [3.8, 4) is 0 Å². The normalized spacial score (nSPS) is 26.0. The number of nitrogens with zero attached hydrogens (tertiary/aromatic N) is 1. The Morgan fingerprint density at radius 2 is 2.00 bits per heavy atom. The summed E-state index contributed by atoms with van der Waals surface area (Å²) in [5.74, 6) is 0. The molecule has 0 aromatic carbocycles. The van der Waals surface area contributed by atoms with Gasteiger partial charge in [-0.15, -0.1) is 12.6 Å². The van der Waals surface area contributed by atoms with Crippen LogP contribution >= 0.6 is 12.6 Å². The molecule has 1 atom stereocenters. The predicted octanol–water partition coefficient (Wildman–Crippen LogP) is -0.509. The number of thiol groups is 1. The van der Waals surface area contributed by atoms with Gasteiger partial charge in [0.1, 0.15) is 5.50 Å². The lowest BCUT2D eigenvalue weighted by atomic mass is 10.5. The fourth-order valence-corrected chi connectivity index (χ4v) is 1.07. The maximum atomic E-state index is 5.50. The van der Waals surface area contributed by atoms with Crippen LogP contribution in [0.4, 0.5) is 0 Å². The summed E-state index contributed by atoms with van der Waals surface area (Å²) in [7, 11) is 0. The summed E-state index contributed by atoms with van der Waals surface area (Å²) in [6.07, 6.45) is 0. The Labute approximate surface area is 60.6 Å². The van der Waals surface area contributed by atoms with Crippen molar-refractivity contribution >= 4 is 12.6 Å². The molecule has 1 fully saturated rings. The lowest BCUT2D eigenvalue weighted by Gasteiger charge is -2.28. The average Bonchev–Trinajstić information content (AvgIpc) is 1.90. The zero-order valence-corrected chi connectivity index (χ0v) is 6.18. The first kappa shape index (κ1) is 7.34. The highest BCUT2D eigenvalue weighted by molar-refractivity contribution is 7.80. The molecule has 1 heterocycles. The molecule has 0 saturated carbocycles. The van der Waals surface area contributed by atoms with E-state index < -0.39 is 0 Å². The summed E-state index contributed by atoms with van der Waals surface area (Å²) >= 11 is 4.09. The first-order valence-corrected chi connectivity index (χ1v) is 3.58. The molecule has 1 unspecified atom stereocenters. The van der Waals surface area contributed by atoms with Crippen LogP contribution < -0.4 is 5.73 Å². The molecule has 1 saturated heterocycles. The molecule has 0 radical (unpaired) electrons. The number of nitrogens with two attached hydrogens (primary N) is 1. The molecule has 0 amide bonds. The molecule has 3 nitrogen and oxygen atoms in total. The zero-order chi connectivity index (χ0) is 6.69. The Kier molecular flexibility index (Phi) is 2.78. The highest BCUT2D eigenvalue weighted by Crippen LogP contribution is 2.00. The van der Waals surface area contributed by atoms with Crippen molar-refractivity contribution in [3.63, 3.8) is 0 Å². The van der Waals surface area contributed by atoms with E-state index in [4.69, 9.17) is 10.5 Å². The monoisotopic (exact) mass is 148 g/mol. The summed E-state index contributed by atoms with van der Waals surface area (Å²) < 4.78 is 5.12. The van der Waals surface area contributed by atoms with E-state index in [1.807, 2.05) is 0 Å². The fraction of sp³-hybridized carbons (Fsp3) is 1.00. The molecule has 54 valence electrons. The van der Waals surface area contributed by atoms with Gasteiger partial charge in [0.15, 0.2) is 0 Å². The minimum Gasteiger partial charge on any atom is -0.379 e. The van der Waals surface area contributed by atoms with Crippen LogP contribution in [-0.2, 0) is 4.74 Å². The zero-order valence-electron chi connectivity index (χ0n) is 5.29. The Morgan fingerprint density at radius 1 is 1.44 bits per heavy atom. The number of ether oxygens (including phenoxy) is 1. The maximum Gasteiger partial charge on any atom is 0.103 e. The molecule has 0 aromatic heterocycles. The standard InChI is InChI=1S/C5H12N2OS/c6-5(9)7-1-3-8-4-2-7/h5,9H,1-4,6H2. The van der Waals surface area contributed by atoms with Crippen LogP contribution in [0.15, 0.2) is 0 Å². The lowest BCUT2D eigenvalue weighted by Crippen LogP contribution is -2.45. The predicted molar refractivity (Wildman–Crippen MR) is 39.4 cm³/mol. The first-order valence-electron chi connectivity index (χ1n) is 3.06. The molecule has 9 heavy (non-hydrogen) atoms. The third-order valence-electron chi connectivity index (χ3n) is 1.42. The van der Waals surface area contributed by atoms with E-state index in [1.54, 1.807) is 0 Å². The van der Waals surface area contributed by atoms with Crippen molar-refractivity contribution in [2.75, 3.05) is 26.3 Å². The lowest BCUT2D eigenvalue weighted by molar-refractivity contribution is 0.0338. The van der Waals surface area contributed by atoms with Crippen LogP contribution in [0.2, 0.25) is 0 Å². The summed E-state index contributed by atoms with van der Waals surface area (Å²) in [4.78, 5) is 2.08. The minimum absolute atomic E-state index is 0.117. The summed E-state index contributed by atoms with van der Waals surface area (Å²) in [6, 6.07) is 0. The smallest absolute Gasteiger partial charge is 0.103 e. The Morgan fingerprint density at radius 3 is 2.33 bits per heavy atom. The van der Waals surface area contributed by atoms with Crippen molar-refractivity contribution in [2.24, 2.45) is 5.73 Å². The van der Waals surface area contributed by atoms with Gasteiger partial charge < -0.3 is 10.5 Å². The van der Waals surface area contributed by atoms with E-state index in [1.165, 1.54) is 0 Å². The number of rotatable bonds is 1. The first-order chi connectivity index (χ1) is 4.30. The minimum atomic E-state index is -0.117. The number of hydrogen-bond donors (Lipinski definition) is 2. The molecule has 0 bridgehead atoms. The van der Waals surface area contributed by atoms with Crippen LogP contribution in [0.25, 0.3) is 0 Å². The molecular weight excluding hydrogens is 136 g/mol. The van der Waals surface area contributed by atoms with E-state index in [2.05, 4.69) is 17.5 Å². The van der Waals surface area contributed by atoms with E-state index in [0.717, 1.165) is 26.3 Å². The Bertz CT molecular complexity index is 83.0. The van der Waals surface area contributed by atoms with E-state index in [9.17, 15) is 0 Å². The van der Waals surface area contributed by atoms with Crippen LogP contribution in [0.1, 0.15) is 0 Å². The third-order valence-corrected chi connectivity index (χ3v) is 1.75. The van der Waals surface area contributed by atoms with Crippen LogP contribution in [0.5, 0.6) is 0 Å². The van der Waals surface area contributed by atoms with Gasteiger partial charge in [-0.2, -0.15) is 0 Å². The Hall–Kier alpha value is 0.230. The molecule has 1 aliphatic heterocycles. The molecule has 4 heteroatoms. The van der Waals surface area contributed by atoms with Crippen molar-refractivity contribution in [1.29, 1.82) is 0 Å². The molecule has 1 rings (SSSR count). The molecule has 2 N–H and O–H groups in total. The van der Waals surface area contributed by atoms with E-state index in [-0.39, 0.29) is 5.50 Å². The van der Waals surface area contributed by atoms with Crippen molar-refractivity contribution < 1.29 is 4.74 Å². The van der Waals surface area contributed by atoms with Crippen molar-refractivity contribution in [3.05, 3.63) is 0 Å². The van der Waals surface area contributed by atoms with Gasteiger partial charge in [0.05, 0.1) is 13.2 Å². The second-order valence-corrected chi connectivity index (χ2v) is 2.59. The molecule has 1 aliphatic rings. The Balaban J connectivity index is 2.23. The van der Waals surface area contributed by atoms with Gasteiger partial charge in [-0.1, -0.05) is 0 Å². The van der Waals surface area contributed by atoms with Gasteiger partial charge >= 0.3 is 0 Å². The van der Waals surface area contributed by atoms with Crippen LogP contribution in [0, 0.1) is 0 Å². The molecule has 0 aromatic rings. The third kappa shape index (κ3) is 2.14. The molecule has 0 spiro atoms. The van der Waals surface area contributed by atoms with Gasteiger partial charge in [-0.3, -0.25) is 4.90 Å². The van der Waals surface area contributed by atoms with Crippen molar-refractivity contribution in [1.82, 2.24) is 4.90 Å². The van der Waals surface area contributed by atoms with Crippen molar-refractivity contribution in [2.45, 2.75) is 5.50 Å². The molecule has 0 aliphatic carbocycles. The topological polar surface area (TPSA) is 38.5 Å².